The number of halogens is 1. The van der Waals surface area contributed by atoms with Gasteiger partial charge in [-0.2, -0.15) is 0 Å². The largest absolute Gasteiger partial charge is 0.293 e. The third-order valence-electron chi connectivity index (χ3n) is 3.76. The summed E-state index contributed by atoms with van der Waals surface area (Å²) in [5.41, 5.74) is 0. The van der Waals surface area contributed by atoms with Crippen LogP contribution in [0.25, 0.3) is 0 Å². The van der Waals surface area contributed by atoms with Crippen molar-refractivity contribution in [3.8, 4) is 0 Å². The van der Waals surface area contributed by atoms with Crippen LogP contribution in [-0.2, 0) is 0 Å². The molecular formula is C14H20ClNOS. The SMILES string of the molecule is CCCC1CCN(C(C)C(=O)c2ccc(Cl)s2)C1. The van der Waals surface area contributed by atoms with Crippen LogP contribution in [0, 0.1) is 5.92 Å². The molecule has 0 saturated carbocycles. The van der Waals surface area contributed by atoms with Crippen molar-refractivity contribution in [3.63, 3.8) is 0 Å². The molecule has 0 radical (unpaired) electrons. The minimum atomic E-state index is -0.0124. The lowest BCUT2D eigenvalue weighted by atomic mass is 10.0. The van der Waals surface area contributed by atoms with Gasteiger partial charge in [-0.25, -0.2) is 0 Å². The fourth-order valence-corrected chi connectivity index (χ4v) is 3.74. The molecule has 1 aromatic rings. The zero-order valence-electron chi connectivity index (χ0n) is 11.0. The molecule has 2 heterocycles. The van der Waals surface area contributed by atoms with E-state index in [-0.39, 0.29) is 11.8 Å². The van der Waals surface area contributed by atoms with Crippen LogP contribution in [-0.4, -0.2) is 29.8 Å². The molecule has 2 atom stereocenters. The average molecular weight is 286 g/mol. The second-order valence-corrected chi connectivity index (χ2v) is 6.80. The van der Waals surface area contributed by atoms with Crippen molar-refractivity contribution >= 4 is 28.7 Å². The Bertz CT molecular complexity index is 418. The maximum absolute atomic E-state index is 12.3. The molecule has 1 aromatic heterocycles. The summed E-state index contributed by atoms with van der Waals surface area (Å²) in [6.07, 6.45) is 3.75. The highest BCUT2D eigenvalue weighted by Gasteiger charge is 2.29. The molecule has 1 aliphatic heterocycles. The second-order valence-electron chi connectivity index (χ2n) is 5.08. The molecule has 2 nitrogen and oxygen atoms in total. The highest BCUT2D eigenvalue weighted by Crippen LogP contribution is 2.27. The van der Waals surface area contributed by atoms with Gasteiger partial charge in [-0.1, -0.05) is 24.9 Å². The monoisotopic (exact) mass is 285 g/mol. The highest BCUT2D eigenvalue weighted by atomic mass is 35.5. The minimum absolute atomic E-state index is 0.0124. The molecule has 0 spiro atoms. The number of hydrogen-bond donors (Lipinski definition) is 0. The first kappa shape index (κ1) is 14.0. The van der Waals surface area contributed by atoms with Crippen LogP contribution in [0.3, 0.4) is 0 Å². The van der Waals surface area contributed by atoms with E-state index in [9.17, 15) is 4.79 Å². The summed E-state index contributed by atoms with van der Waals surface area (Å²) in [5.74, 6) is 0.987. The number of likely N-dealkylation sites (tertiary alicyclic amines) is 1. The van der Waals surface area contributed by atoms with E-state index >= 15 is 0 Å². The van der Waals surface area contributed by atoms with Crippen LogP contribution in [0.2, 0.25) is 4.34 Å². The third kappa shape index (κ3) is 3.14. The van der Waals surface area contributed by atoms with E-state index in [4.69, 9.17) is 11.6 Å². The molecule has 2 rings (SSSR count). The van der Waals surface area contributed by atoms with E-state index < -0.39 is 0 Å². The lowest BCUT2D eigenvalue weighted by Gasteiger charge is -2.22. The van der Waals surface area contributed by atoms with Crippen molar-refractivity contribution in [2.75, 3.05) is 13.1 Å². The van der Waals surface area contributed by atoms with Gasteiger partial charge in [0.1, 0.15) is 0 Å². The second kappa shape index (κ2) is 6.18. The zero-order valence-corrected chi connectivity index (χ0v) is 12.6. The molecule has 1 fully saturated rings. The molecule has 4 heteroatoms. The molecule has 2 unspecified atom stereocenters. The van der Waals surface area contributed by atoms with Crippen LogP contribution in [0.5, 0.6) is 0 Å². The predicted octanol–water partition coefficient (Wildman–Crippen LogP) is 4.09. The van der Waals surface area contributed by atoms with Crippen molar-refractivity contribution in [1.82, 2.24) is 4.90 Å². The van der Waals surface area contributed by atoms with E-state index in [2.05, 4.69) is 11.8 Å². The summed E-state index contributed by atoms with van der Waals surface area (Å²) in [4.78, 5) is 15.4. The van der Waals surface area contributed by atoms with Crippen LogP contribution in [0.1, 0.15) is 42.8 Å². The molecular weight excluding hydrogens is 266 g/mol. The number of thiophene rings is 1. The topological polar surface area (TPSA) is 20.3 Å². The number of rotatable bonds is 5. The summed E-state index contributed by atoms with van der Waals surface area (Å²) in [6.45, 7) is 6.37. The summed E-state index contributed by atoms with van der Waals surface area (Å²) in [6, 6.07) is 3.63. The van der Waals surface area contributed by atoms with Gasteiger partial charge in [0, 0.05) is 6.54 Å². The maximum Gasteiger partial charge on any atom is 0.189 e. The molecule has 0 aromatic carbocycles. The number of ketones is 1. The zero-order chi connectivity index (χ0) is 13.1. The van der Waals surface area contributed by atoms with Crippen molar-refractivity contribution in [2.45, 2.75) is 39.2 Å². The number of hydrogen-bond acceptors (Lipinski definition) is 3. The first-order valence-corrected chi connectivity index (χ1v) is 7.85. The maximum atomic E-state index is 12.3. The van der Waals surface area contributed by atoms with Crippen LogP contribution in [0.4, 0.5) is 0 Å². The van der Waals surface area contributed by atoms with Crippen molar-refractivity contribution in [3.05, 3.63) is 21.3 Å². The lowest BCUT2D eigenvalue weighted by molar-refractivity contribution is 0.0867. The Labute approximate surface area is 118 Å². The van der Waals surface area contributed by atoms with Crippen molar-refractivity contribution in [1.29, 1.82) is 0 Å². The van der Waals surface area contributed by atoms with Gasteiger partial charge in [0.25, 0.3) is 0 Å². The van der Waals surface area contributed by atoms with Gasteiger partial charge in [-0.15, -0.1) is 11.3 Å². The fraction of sp³-hybridized carbons (Fsp3) is 0.643. The Kier molecular flexibility index (Phi) is 4.82. The smallest absolute Gasteiger partial charge is 0.189 e. The van der Waals surface area contributed by atoms with Crippen LogP contribution >= 0.6 is 22.9 Å². The molecule has 0 N–H and O–H groups in total. The van der Waals surface area contributed by atoms with Gasteiger partial charge in [-0.3, -0.25) is 9.69 Å². The van der Waals surface area contributed by atoms with Gasteiger partial charge in [0.2, 0.25) is 0 Å². The summed E-state index contributed by atoms with van der Waals surface area (Å²) >= 11 is 7.27. The van der Waals surface area contributed by atoms with E-state index in [1.807, 2.05) is 13.0 Å². The number of nitrogens with zero attached hydrogens (tertiary/aromatic N) is 1. The van der Waals surface area contributed by atoms with Gasteiger partial charge >= 0.3 is 0 Å². The van der Waals surface area contributed by atoms with E-state index in [0.29, 0.717) is 4.34 Å². The first-order valence-electron chi connectivity index (χ1n) is 6.65. The third-order valence-corrected chi connectivity index (χ3v) is 5.00. The van der Waals surface area contributed by atoms with Gasteiger partial charge in [0.15, 0.2) is 5.78 Å². The Balaban J connectivity index is 1.95. The molecule has 0 aliphatic carbocycles. The molecule has 0 amide bonds. The Morgan fingerprint density at radius 2 is 2.39 bits per heavy atom. The molecule has 0 bridgehead atoms. The Hall–Kier alpha value is -0.380. The number of carbonyl (C=O) groups excluding carboxylic acids is 1. The summed E-state index contributed by atoms with van der Waals surface area (Å²) < 4.78 is 0.691. The summed E-state index contributed by atoms with van der Waals surface area (Å²) in [5, 5.41) is 0. The quantitative estimate of drug-likeness (QED) is 0.759. The molecule has 1 saturated heterocycles. The molecule has 18 heavy (non-hydrogen) atoms. The Morgan fingerprint density at radius 1 is 1.61 bits per heavy atom. The first-order chi connectivity index (χ1) is 8.61. The van der Waals surface area contributed by atoms with Gasteiger partial charge in [0.05, 0.1) is 15.3 Å². The van der Waals surface area contributed by atoms with E-state index in [1.54, 1.807) is 6.07 Å². The molecule has 100 valence electrons. The standard InChI is InChI=1S/C14H20ClNOS/c1-3-4-11-7-8-16(9-11)10(2)14(17)12-5-6-13(15)18-12/h5-6,10-11H,3-4,7-9H2,1-2H3. The minimum Gasteiger partial charge on any atom is -0.293 e. The van der Waals surface area contributed by atoms with Gasteiger partial charge in [-0.05, 0) is 44.4 Å². The molecule has 1 aliphatic rings. The normalized spacial score (nSPS) is 22.3. The fourth-order valence-electron chi connectivity index (χ4n) is 2.68. The summed E-state index contributed by atoms with van der Waals surface area (Å²) in [7, 11) is 0. The Morgan fingerprint density at radius 3 is 3.00 bits per heavy atom. The van der Waals surface area contributed by atoms with Crippen LogP contribution in [0.15, 0.2) is 12.1 Å². The van der Waals surface area contributed by atoms with Crippen LogP contribution < -0.4 is 0 Å². The van der Waals surface area contributed by atoms with Gasteiger partial charge < -0.3 is 0 Å². The van der Waals surface area contributed by atoms with Crippen molar-refractivity contribution < 1.29 is 4.79 Å². The highest BCUT2D eigenvalue weighted by molar-refractivity contribution is 7.18. The number of carbonyl (C=O) groups is 1. The lowest BCUT2D eigenvalue weighted by Crippen LogP contribution is -2.37. The number of Topliss-reactive ketones (excluding diaryl/α,β-unsaturated/α-hetero) is 1. The van der Waals surface area contributed by atoms with E-state index in [1.165, 1.54) is 30.6 Å². The average Bonchev–Trinajstić information content (AvgIpc) is 2.97. The van der Waals surface area contributed by atoms with E-state index in [0.717, 1.165) is 23.9 Å². The van der Waals surface area contributed by atoms with Crippen molar-refractivity contribution in [2.24, 2.45) is 5.92 Å². The predicted molar refractivity (Wildman–Crippen MR) is 77.7 cm³/mol.